The smallest absolute Gasteiger partial charge is 0.119 e. The number of fused-ring (bicyclic) bond motifs is 1. The lowest BCUT2D eigenvalue weighted by atomic mass is 9.97. The molecule has 0 saturated carbocycles. The number of benzene rings is 4. The van der Waals surface area contributed by atoms with Gasteiger partial charge in [-0.15, -0.1) is 0 Å². The summed E-state index contributed by atoms with van der Waals surface area (Å²) >= 11 is 0. The Hall–Kier alpha value is -4.31. The molecule has 4 heteroatoms. The summed E-state index contributed by atoms with van der Waals surface area (Å²) in [5, 5.41) is 2.29. The highest BCUT2D eigenvalue weighted by Gasteiger charge is 2.10. The largest absolute Gasteiger partial charge is 0.497 e. The Morgan fingerprint density at radius 3 is 1.59 bits per heavy atom. The van der Waals surface area contributed by atoms with Crippen LogP contribution in [-0.2, 0) is 0 Å². The van der Waals surface area contributed by atoms with Crippen LogP contribution in [0.1, 0.15) is 0 Å². The number of nitrogens with two attached hydrogens (primary N) is 2. The fourth-order valence-corrected chi connectivity index (χ4v) is 3.83. The third-order valence-corrected chi connectivity index (χ3v) is 5.62. The van der Waals surface area contributed by atoms with Gasteiger partial charge in [0.2, 0.25) is 0 Å². The normalized spacial score (nSPS) is 10.9. The summed E-state index contributed by atoms with van der Waals surface area (Å²) in [7, 11) is 1.68. The van der Waals surface area contributed by atoms with E-state index >= 15 is 0 Å². The van der Waals surface area contributed by atoms with E-state index in [9.17, 15) is 0 Å². The minimum atomic E-state index is 0.730. The number of aromatic nitrogens is 1. The second kappa shape index (κ2) is 8.08. The van der Waals surface area contributed by atoms with Crippen LogP contribution in [0, 0.1) is 0 Å². The van der Waals surface area contributed by atoms with Crippen LogP contribution in [0.25, 0.3) is 44.4 Å². The maximum atomic E-state index is 5.89. The summed E-state index contributed by atoms with van der Waals surface area (Å²) in [4.78, 5) is 4.95. The average Bonchev–Trinajstić information content (AvgIpc) is 2.84. The quantitative estimate of drug-likeness (QED) is 0.331. The van der Waals surface area contributed by atoms with Crippen LogP contribution in [0.5, 0.6) is 5.75 Å². The highest BCUT2D eigenvalue weighted by atomic mass is 16.5. The number of anilines is 2. The Kier molecular flexibility index (Phi) is 4.96. The van der Waals surface area contributed by atoms with Gasteiger partial charge in [-0.25, -0.2) is 4.98 Å². The Bertz CT molecular complexity index is 1340. The molecule has 4 N–H and O–H groups in total. The first-order chi connectivity index (χ1) is 15.6. The predicted molar refractivity (Wildman–Crippen MR) is 133 cm³/mol. The molecule has 156 valence electrons. The van der Waals surface area contributed by atoms with Gasteiger partial charge in [-0.2, -0.15) is 0 Å². The summed E-state index contributed by atoms with van der Waals surface area (Å²) < 4.78 is 5.36. The second-order valence-electron chi connectivity index (χ2n) is 7.80. The first-order valence-electron chi connectivity index (χ1n) is 10.4. The summed E-state index contributed by atoms with van der Waals surface area (Å²) in [6.07, 6.45) is 0. The van der Waals surface area contributed by atoms with E-state index < -0.39 is 0 Å². The fraction of sp³-hybridized carbons (Fsp3) is 0.0357. The molecule has 0 saturated heterocycles. The van der Waals surface area contributed by atoms with E-state index in [0.29, 0.717) is 0 Å². The number of hydrogen-bond acceptors (Lipinski definition) is 4. The molecule has 0 bridgehead atoms. The van der Waals surface area contributed by atoms with Gasteiger partial charge >= 0.3 is 0 Å². The molecule has 0 aliphatic rings. The standard InChI is InChI=1S/C28H23N3O/c1-32-26-13-8-20-14-21(2-3-22(20)15-26)23-16-27(18-4-9-24(29)10-5-18)31-28(17-23)19-6-11-25(30)12-7-19/h2-17H,29-30H2,1H3. The molecule has 0 fully saturated rings. The molecule has 32 heavy (non-hydrogen) atoms. The summed E-state index contributed by atoms with van der Waals surface area (Å²) in [5.74, 6) is 0.852. The van der Waals surface area contributed by atoms with E-state index in [4.69, 9.17) is 21.2 Å². The Labute approximate surface area is 187 Å². The van der Waals surface area contributed by atoms with Crippen LogP contribution in [0.15, 0.2) is 97.1 Å². The second-order valence-corrected chi connectivity index (χ2v) is 7.80. The molecular formula is C28H23N3O. The maximum Gasteiger partial charge on any atom is 0.119 e. The van der Waals surface area contributed by atoms with Crippen molar-refractivity contribution >= 4 is 22.1 Å². The van der Waals surface area contributed by atoms with Crippen LogP contribution in [0.2, 0.25) is 0 Å². The van der Waals surface area contributed by atoms with Gasteiger partial charge in [0.1, 0.15) is 5.75 Å². The number of rotatable bonds is 4. The van der Waals surface area contributed by atoms with Gasteiger partial charge in [0, 0.05) is 22.5 Å². The van der Waals surface area contributed by atoms with Crippen LogP contribution in [-0.4, -0.2) is 12.1 Å². The topological polar surface area (TPSA) is 74.2 Å². The number of methoxy groups -OCH3 is 1. The van der Waals surface area contributed by atoms with E-state index in [2.05, 4.69) is 36.4 Å². The van der Waals surface area contributed by atoms with Crippen molar-refractivity contribution in [1.29, 1.82) is 0 Å². The maximum absolute atomic E-state index is 5.89. The average molecular weight is 418 g/mol. The zero-order valence-electron chi connectivity index (χ0n) is 17.7. The predicted octanol–water partition coefficient (Wildman–Crippen LogP) is 6.41. The molecule has 1 aromatic heterocycles. The van der Waals surface area contributed by atoms with Crippen molar-refractivity contribution < 1.29 is 4.74 Å². The molecule has 0 spiro atoms. The van der Waals surface area contributed by atoms with Gasteiger partial charge < -0.3 is 16.2 Å². The molecule has 1 heterocycles. The van der Waals surface area contributed by atoms with Crippen LogP contribution < -0.4 is 16.2 Å². The molecule has 0 aliphatic carbocycles. The minimum Gasteiger partial charge on any atom is -0.497 e. The highest BCUT2D eigenvalue weighted by Crippen LogP contribution is 2.33. The van der Waals surface area contributed by atoms with Gasteiger partial charge in [0.15, 0.2) is 0 Å². The third-order valence-electron chi connectivity index (χ3n) is 5.62. The van der Waals surface area contributed by atoms with Gasteiger partial charge in [-0.1, -0.05) is 42.5 Å². The van der Waals surface area contributed by atoms with Crippen molar-refractivity contribution in [3.63, 3.8) is 0 Å². The molecule has 0 atom stereocenters. The van der Waals surface area contributed by atoms with Crippen molar-refractivity contribution in [2.24, 2.45) is 0 Å². The lowest BCUT2D eigenvalue weighted by Crippen LogP contribution is -1.92. The highest BCUT2D eigenvalue weighted by molar-refractivity contribution is 5.89. The number of ether oxygens (including phenoxy) is 1. The van der Waals surface area contributed by atoms with Crippen LogP contribution >= 0.6 is 0 Å². The SMILES string of the molecule is COc1ccc2cc(-c3cc(-c4ccc(N)cc4)nc(-c4ccc(N)cc4)c3)ccc2c1. The van der Waals surface area contributed by atoms with Gasteiger partial charge in [0.05, 0.1) is 18.5 Å². The molecule has 5 rings (SSSR count). The monoisotopic (exact) mass is 417 g/mol. The summed E-state index contributed by atoms with van der Waals surface area (Å²) in [5.41, 5.74) is 19.3. The van der Waals surface area contributed by atoms with E-state index in [0.717, 1.165) is 61.5 Å². The molecule has 0 amide bonds. The Morgan fingerprint density at radius 1 is 0.531 bits per heavy atom. The number of nitrogens with zero attached hydrogens (tertiary/aromatic N) is 1. The minimum absolute atomic E-state index is 0.730. The zero-order valence-corrected chi connectivity index (χ0v) is 17.7. The van der Waals surface area contributed by atoms with Gasteiger partial charge in [-0.3, -0.25) is 0 Å². The van der Waals surface area contributed by atoms with E-state index in [1.165, 1.54) is 0 Å². The molecule has 0 aliphatic heterocycles. The van der Waals surface area contributed by atoms with Crippen LogP contribution in [0.3, 0.4) is 0 Å². The molecule has 4 aromatic carbocycles. The first kappa shape index (κ1) is 19.6. The van der Waals surface area contributed by atoms with E-state index in [-0.39, 0.29) is 0 Å². The van der Waals surface area contributed by atoms with Crippen molar-refractivity contribution in [3.05, 3.63) is 97.1 Å². The van der Waals surface area contributed by atoms with Gasteiger partial charge in [0.25, 0.3) is 0 Å². The lowest BCUT2D eigenvalue weighted by molar-refractivity contribution is 0.415. The molecule has 0 radical (unpaired) electrons. The van der Waals surface area contributed by atoms with Crippen LogP contribution in [0.4, 0.5) is 11.4 Å². The van der Waals surface area contributed by atoms with Crippen molar-refractivity contribution in [1.82, 2.24) is 4.98 Å². The Morgan fingerprint density at radius 2 is 1.03 bits per heavy atom. The van der Waals surface area contributed by atoms with Crippen molar-refractivity contribution in [2.75, 3.05) is 18.6 Å². The Balaban J connectivity index is 1.67. The molecule has 0 unspecified atom stereocenters. The number of nitrogen functional groups attached to an aromatic ring is 2. The molecule has 4 nitrogen and oxygen atoms in total. The number of hydrogen-bond donors (Lipinski definition) is 2. The molecular weight excluding hydrogens is 394 g/mol. The number of pyridine rings is 1. The van der Waals surface area contributed by atoms with E-state index in [1.54, 1.807) is 7.11 Å². The van der Waals surface area contributed by atoms with Crippen molar-refractivity contribution in [3.8, 4) is 39.4 Å². The fourth-order valence-electron chi connectivity index (χ4n) is 3.83. The first-order valence-corrected chi connectivity index (χ1v) is 10.4. The zero-order chi connectivity index (χ0) is 22.1. The lowest BCUT2D eigenvalue weighted by Gasteiger charge is -2.12. The van der Waals surface area contributed by atoms with Gasteiger partial charge in [-0.05, 0) is 76.5 Å². The third kappa shape index (κ3) is 3.86. The molecule has 5 aromatic rings. The summed E-state index contributed by atoms with van der Waals surface area (Å²) in [6.45, 7) is 0. The van der Waals surface area contributed by atoms with E-state index in [1.807, 2.05) is 60.7 Å². The van der Waals surface area contributed by atoms with Crippen molar-refractivity contribution in [2.45, 2.75) is 0 Å². The summed E-state index contributed by atoms with van der Waals surface area (Å²) in [6, 6.07) is 32.4.